The number of fused-ring (bicyclic) bond motifs is 11. The maximum absolute atomic E-state index is 5.45. The lowest BCUT2D eigenvalue weighted by Gasteiger charge is -2.26. The lowest BCUT2D eigenvalue weighted by molar-refractivity contribution is 0.752. The van der Waals surface area contributed by atoms with E-state index in [1.54, 1.807) is 0 Å². The number of aromatic nitrogens is 2. The summed E-state index contributed by atoms with van der Waals surface area (Å²) in [5.74, 6) is 0. The van der Waals surface area contributed by atoms with E-state index < -0.39 is 0 Å². The van der Waals surface area contributed by atoms with Gasteiger partial charge in [-0.05, 0) is 87.3 Å². The molecule has 0 spiro atoms. The number of hydrogen-bond acceptors (Lipinski definition) is 5. The molecule has 0 saturated carbocycles. The zero-order valence-electron chi connectivity index (χ0n) is 33.4. The standard InChI is InChI=1S/C56H36N4S2/c1-5-13-35(14-6-1)48-33-42(34-49(57-48)36-15-7-2-8-16-36)59-29-27-46-53(59)44-25-22-39(32-47(44)45-28-30-61-54(45)46)38-21-24-43-40(31-38)23-26-50-51(43)52-56(60(50)41-19-11-4-12-20-41)62-55(58-52)37-17-9-3-10-18-37/h1-34,52,56H. The highest BCUT2D eigenvalue weighted by atomic mass is 32.2. The Labute approximate surface area is 367 Å². The molecule has 13 rings (SSSR count). The molecule has 3 aromatic heterocycles. The zero-order valence-corrected chi connectivity index (χ0v) is 35.0. The number of pyridine rings is 1. The average Bonchev–Trinajstić information content (AvgIpc) is 4.16. The van der Waals surface area contributed by atoms with Gasteiger partial charge in [-0.15, -0.1) is 11.3 Å². The van der Waals surface area contributed by atoms with Crippen LogP contribution in [0.2, 0.25) is 0 Å². The molecular weight excluding hydrogens is 793 g/mol. The van der Waals surface area contributed by atoms with Crippen LogP contribution in [0.25, 0.3) is 81.9 Å². The maximum atomic E-state index is 5.45. The molecule has 0 radical (unpaired) electrons. The molecule has 0 N–H and O–H groups in total. The number of nitrogens with zero attached hydrogens (tertiary/aromatic N) is 4. The van der Waals surface area contributed by atoms with E-state index in [1.807, 2.05) is 23.1 Å². The molecule has 2 aliphatic heterocycles. The summed E-state index contributed by atoms with van der Waals surface area (Å²) in [6.07, 6.45) is 2.23. The summed E-state index contributed by atoms with van der Waals surface area (Å²) < 4.78 is 3.67. The highest BCUT2D eigenvalue weighted by molar-refractivity contribution is 8.15. The molecule has 0 bridgehead atoms. The van der Waals surface area contributed by atoms with Gasteiger partial charge in [0.15, 0.2) is 0 Å². The number of para-hydroxylation sites is 1. The van der Waals surface area contributed by atoms with Gasteiger partial charge in [-0.25, -0.2) is 4.98 Å². The molecule has 0 saturated heterocycles. The van der Waals surface area contributed by atoms with Crippen LogP contribution < -0.4 is 4.90 Å². The highest BCUT2D eigenvalue weighted by Gasteiger charge is 2.45. The Hall–Kier alpha value is -7.25. The molecule has 2 atom stereocenters. The summed E-state index contributed by atoms with van der Waals surface area (Å²) in [6, 6.07) is 70.2. The Kier molecular flexibility index (Phi) is 8.11. The Bertz CT molecular complexity index is 3500. The molecule has 62 heavy (non-hydrogen) atoms. The van der Waals surface area contributed by atoms with E-state index in [2.05, 4.69) is 215 Å². The number of rotatable bonds is 6. The molecule has 292 valence electrons. The molecule has 5 heterocycles. The smallest absolute Gasteiger partial charge is 0.113 e. The van der Waals surface area contributed by atoms with E-state index in [0.717, 1.165) is 33.2 Å². The average molecular weight is 829 g/mol. The van der Waals surface area contributed by atoms with Crippen LogP contribution in [0.4, 0.5) is 11.4 Å². The summed E-state index contributed by atoms with van der Waals surface area (Å²) >= 11 is 3.69. The summed E-state index contributed by atoms with van der Waals surface area (Å²) in [5.41, 5.74) is 13.7. The minimum absolute atomic E-state index is 0.0269. The van der Waals surface area contributed by atoms with Gasteiger partial charge in [0.25, 0.3) is 0 Å². The summed E-state index contributed by atoms with van der Waals surface area (Å²) in [7, 11) is 0. The van der Waals surface area contributed by atoms with Crippen molar-refractivity contribution in [2.24, 2.45) is 4.99 Å². The Morgan fingerprint density at radius 1 is 0.468 bits per heavy atom. The molecule has 8 aromatic carbocycles. The highest BCUT2D eigenvalue weighted by Crippen LogP contribution is 2.56. The third-order valence-electron chi connectivity index (χ3n) is 12.6. The van der Waals surface area contributed by atoms with Crippen molar-refractivity contribution in [2.45, 2.75) is 11.4 Å². The van der Waals surface area contributed by atoms with Gasteiger partial charge in [0, 0.05) is 66.4 Å². The van der Waals surface area contributed by atoms with Crippen LogP contribution in [0.3, 0.4) is 0 Å². The number of aliphatic imine (C=N–C) groups is 1. The molecule has 0 aliphatic carbocycles. The normalized spacial score (nSPS) is 15.7. The first-order valence-corrected chi connectivity index (χ1v) is 22.8. The molecule has 6 heteroatoms. The minimum Gasteiger partial charge on any atom is -0.326 e. The van der Waals surface area contributed by atoms with Crippen LogP contribution >= 0.6 is 23.1 Å². The van der Waals surface area contributed by atoms with Gasteiger partial charge in [0.05, 0.1) is 16.9 Å². The molecular formula is C56H36N4S2. The van der Waals surface area contributed by atoms with E-state index in [9.17, 15) is 0 Å². The Morgan fingerprint density at radius 3 is 1.82 bits per heavy atom. The van der Waals surface area contributed by atoms with Crippen molar-refractivity contribution in [3.63, 3.8) is 0 Å². The number of hydrogen-bond donors (Lipinski definition) is 0. The van der Waals surface area contributed by atoms with Crippen molar-refractivity contribution in [3.05, 3.63) is 217 Å². The SMILES string of the molecule is c1ccc(C2=NC3c4c(ccc5cc(-c6ccc7c(c6)c6ccsc6c6ccn(-c8cc(-c9ccccc9)nc(-c9ccccc9)c8)c76)ccc45)N(c4ccccc4)C3S2)cc1. The third-order valence-corrected chi connectivity index (χ3v) is 14.8. The van der Waals surface area contributed by atoms with E-state index in [0.29, 0.717) is 0 Å². The molecule has 2 unspecified atom stereocenters. The minimum atomic E-state index is 0.0269. The fourth-order valence-electron chi connectivity index (χ4n) is 9.74. The second-order valence-corrected chi connectivity index (χ2v) is 18.1. The van der Waals surface area contributed by atoms with Crippen LogP contribution in [-0.4, -0.2) is 20.0 Å². The largest absolute Gasteiger partial charge is 0.326 e. The van der Waals surface area contributed by atoms with Crippen LogP contribution in [0, 0.1) is 0 Å². The lowest BCUT2D eigenvalue weighted by atomic mass is 9.94. The van der Waals surface area contributed by atoms with Crippen molar-refractivity contribution in [1.29, 1.82) is 0 Å². The topological polar surface area (TPSA) is 33.4 Å². The van der Waals surface area contributed by atoms with Crippen molar-refractivity contribution in [1.82, 2.24) is 9.55 Å². The zero-order chi connectivity index (χ0) is 40.7. The molecule has 2 aliphatic rings. The van der Waals surface area contributed by atoms with Crippen LogP contribution in [0.1, 0.15) is 17.2 Å². The molecule has 11 aromatic rings. The van der Waals surface area contributed by atoms with Crippen molar-refractivity contribution >= 4 is 82.1 Å². The maximum Gasteiger partial charge on any atom is 0.113 e. The second-order valence-electron chi connectivity index (χ2n) is 16.1. The van der Waals surface area contributed by atoms with E-state index in [4.69, 9.17) is 9.98 Å². The predicted molar refractivity (Wildman–Crippen MR) is 263 cm³/mol. The first-order chi connectivity index (χ1) is 30.7. The number of thioether (sulfide) groups is 1. The molecule has 0 fully saturated rings. The second kappa shape index (κ2) is 14.2. The summed E-state index contributed by atoms with van der Waals surface area (Å²) in [5, 5.41) is 11.0. The van der Waals surface area contributed by atoms with Crippen molar-refractivity contribution < 1.29 is 0 Å². The Morgan fingerprint density at radius 2 is 1.11 bits per heavy atom. The van der Waals surface area contributed by atoms with Crippen LogP contribution in [0.15, 0.2) is 211 Å². The first kappa shape index (κ1) is 35.5. The van der Waals surface area contributed by atoms with E-state index in [-0.39, 0.29) is 11.4 Å². The van der Waals surface area contributed by atoms with Crippen LogP contribution in [0.5, 0.6) is 0 Å². The lowest BCUT2D eigenvalue weighted by Crippen LogP contribution is -2.24. The van der Waals surface area contributed by atoms with E-state index >= 15 is 0 Å². The quantitative estimate of drug-likeness (QED) is 0.167. The van der Waals surface area contributed by atoms with Gasteiger partial charge in [-0.2, -0.15) is 0 Å². The fourth-order valence-corrected chi connectivity index (χ4v) is 12.0. The Balaban J connectivity index is 0.950. The number of thiophene rings is 1. The summed E-state index contributed by atoms with van der Waals surface area (Å²) in [4.78, 5) is 13.1. The summed E-state index contributed by atoms with van der Waals surface area (Å²) in [6.45, 7) is 0. The fraction of sp³-hybridized carbons (Fsp3) is 0.0357. The van der Waals surface area contributed by atoms with Crippen LogP contribution in [-0.2, 0) is 0 Å². The third kappa shape index (κ3) is 5.61. The van der Waals surface area contributed by atoms with Gasteiger partial charge in [0.2, 0.25) is 0 Å². The van der Waals surface area contributed by atoms with Gasteiger partial charge < -0.3 is 9.47 Å². The van der Waals surface area contributed by atoms with Gasteiger partial charge in [0.1, 0.15) is 16.5 Å². The van der Waals surface area contributed by atoms with Gasteiger partial charge >= 0.3 is 0 Å². The predicted octanol–water partition coefficient (Wildman–Crippen LogP) is 15.3. The van der Waals surface area contributed by atoms with Gasteiger partial charge in [-0.3, -0.25) is 4.99 Å². The van der Waals surface area contributed by atoms with Gasteiger partial charge in [-0.1, -0.05) is 151 Å². The van der Waals surface area contributed by atoms with Crippen molar-refractivity contribution in [2.75, 3.05) is 4.90 Å². The number of anilines is 2. The molecule has 0 amide bonds. The monoisotopic (exact) mass is 828 g/mol. The van der Waals surface area contributed by atoms with E-state index in [1.165, 1.54) is 76.2 Å². The first-order valence-electron chi connectivity index (χ1n) is 21.0. The molecule has 4 nitrogen and oxygen atoms in total. The number of benzene rings is 8. The van der Waals surface area contributed by atoms with Crippen molar-refractivity contribution in [3.8, 4) is 39.3 Å².